The molecule has 3 rings (SSSR count). The van der Waals surface area contributed by atoms with Gasteiger partial charge in [0.2, 0.25) is 6.29 Å². The zero-order chi connectivity index (χ0) is 25.8. The minimum Gasteiger partial charge on any atom is -0.508 e. The van der Waals surface area contributed by atoms with Gasteiger partial charge in [-0.1, -0.05) is 24.3 Å². The Labute approximate surface area is 201 Å². The zero-order valence-corrected chi connectivity index (χ0v) is 19.0. The van der Waals surface area contributed by atoms with Crippen molar-refractivity contribution in [2.24, 2.45) is 0 Å². The van der Waals surface area contributed by atoms with E-state index in [4.69, 9.17) is 14.2 Å². The van der Waals surface area contributed by atoms with Crippen molar-refractivity contribution in [2.45, 2.75) is 62.4 Å². The van der Waals surface area contributed by atoms with Gasteiger partial charge in [-0.2, -0.15) is 0 Å². The number of phenolic OH excluding ortho intramolecular Hbond substituents is 1. The van der Waals surface area contributed by atoms with Gasteiger partial charge in [0.05, 0.1) is 12.7 Å². The van der Waals surface area contributed by atoms with Crippen LogP contribution >= 0.6 is 0 Å². The van der Waals surface area contributed by atoms with Crippen LogP contribution in [0.15, 0.2) is 48.5 Å². The van der Waals surface area contributed by atoms with Crippen LogP contribution in [-0.4, -0.2) is 90.7 Å². The van der Waals surface area contributed by atoms with E-state index in [1.807, 2.05) is 0 Å². The van der Waals surface area contributed by atoms with E-state index in [-0.39, 0.29) is 24.5 Å². The average molecular weight is 494 g/mol. The van der Waals surface area contributed by atoms with E-state index in [9.17, 15) is 40.5 Å². The smallest absolute Gasteiger partial charge is 0.341 e. The Hall–Kier alpha value is -2.77. The lowest BCUT2D eigenvalue weighted by atomic mass is 9.89. The van der Waals surface area contributed by atoms with Crippen LogP contribution in [-0.2, 0) is 27.3 Å². The molecule has 0 bridgehead atoms. The van der Waals surface area contributed by atoms with Crippen LogP contribution in [0, 0.1) is 0 Å². The second-order valence-electron chi connectivity index (χ2n) is 8.48. The van der Waals surface area contributed by atoms with Gasteiger partial charge in [0.1, 0.15) is 42.5 Å². The summed E-state index contributed by atoms with van der Waals surface area (Å²) in [5.41, 5.74) is -1.17. The third kappa shape index (κ3) is 6.27. The lowest BCUT2D eigenvalue weighted by Gasteiger charge is -2.39. The molecule has 0 amide bonds. The lowest BCUT2D eigenvalue weighted by Crippen LogP contribution is -2.60. The highest BCUT2D eigenvalue weighted by Gasteiger charge is 2.45. The normalized spacial score (nSPS) is 27.0. The summed E-state index contributed by atoms with van der Waals surface area (Å²) in [6, 6.07) is 11.9. The fraction of sp³-hybridized carbons (Fsp3) is 0.458. The summed E-state index contributed by atoms with van der Waals surface area (Å²) in [5.74, 6) is -0.768. The summed E-state index contributed by atoms with van der Waals surface area (Å²) in [6.07, 6.45) is -8.73. The second kappa shape index (κ2) is 11.3. The third-order valence-electron chi connectivity index (χ3n) is 5.85. The Morgan fingerprint density at radius 3 is 2.17 bits per heavy atom. The summed E-state index contributed by atoms with van der Waals surface area (Å²) >= 11 is 0. The van der Waals surface area contributed by atoms with Gasteiger partial charge in [-0.15, -0.1) is 0 Å². The summed E-state index contributed by atoms with van der Waals surface area (Å²) in [6.45, 7) is 0.470. The summed E-state index contributed by atoms with van der Waals surface area (Å²) < 4.78 is 16.0. The monoisotopic (exact) mass is 494 g/mol. The maximum Gasteiger partial charge on any atom is 0.341 e. The summed E-state index contributed by atoms with van der Waals surface area (Å²) in [5, 5.41) is 69.2. The maximum absolute atomic E-state index is 12.6. The number of aromatic hydroxyl groups is 1. The number of carbonyl (C=O) groups is 1. The van der Waals surface area contributed by atoms with Crippen LogP contribution in [0.1, 0.15) is 18.1 Å². The summed E-state index contributed by atoms with van der Waals surface area (Å²) in [4.78, 5) is 12.6. The predicted octanol–water partition coefficient (Wildman–Crippen LogP) is -1.03. The fourth-order valence-corrected chi connectivity index (χ4v) is 3.55. The standard InChI is InChI=1S/C24H30O11/c1-13(26)24(32,10-14-2-6-16(27)7-3-14)23(31)33-12-15-4-8-17(9-5-15)34-22-21(30)20(29)19(28)18(11-25)35-22/h2-9,13,18-22,25-30,32H,10-12H2,1H3/t13-,18-,19-,20+,21-,22-,24-/m0/s1. The number of aliphatic hydroxyl groups is 6. The molecule has 1 aliphatic rings. The fourth-order valence-electron chi connectivity index (χ4n) is 3.55. The molecule has 2 aromatic carbocycles. The van der Waals surface area contributed by atoms with Gasteiger partial charge in [-0.3, -0.25) is 0 Å². The van der Waals surface area contributed by atoms with Crippen molar-refractivity contribution in [3.05, 3.63) is 59.7 Å². The number of carbonyl (C=O) groups excluding carboxylic acids is 1. The van der Waals surface area contributed by atoms with Gasteiger partial charge in [-0.05, 0) is 42.3 Å². The molecule has 0 spiro atoms. The van der Waals surface area contributed by atoms with Crippen LogP contribution in [0.2, 0.25) is 0 Å². The van der Waals surface area contributed by atoms with Crippen LogP contribution < -0.4 is 4.74 Å². The zero-order valence-electron chi connectivity index (χ0n) is 19.0. The number of ether oxygens (including phenoxy) is 3. The molecule has 11 nitrogen and oxygen atoms in total. The number of phenols is 1. The first-order valence-electron chi connectivity index (χ1n) is 11.0. The van der Waals surface area contributed by atoms with Gasteiger partial charge in [-0.25, -0.2) is 4.79 Å². The van der Waals surface area contributed by atoms with E-state index in [2.05, 4.69) is 0 Å². The third-order valence-corrected chi connectivity index (χ3v) is 5.85. The molecule has 192 valence electrons. The minimum atomic E-state index is -2.21. The molecule has 1 fully saturated rings. The first-order chi connectivity index (χ1) is 16.5. The SMILES string of the molecule is C[C@H](O)[C@@](O)(Cc1ccc(O)cc1)C(=O)OCc1ccc(O[C@H]2O[C@@H](CO)[C@H](O)[C@@H](O)[C@@H]2O)cc1. The molecular weight excluding hydrogens is 464 g/mol. The van der Waals surface area contributed by atoms with Crippen molar-refractivity contribution >= 4 is 5.97 Å². The topological polar surface area (TPSA) is 186 Å². The van der Waals surface area contributed by atoms with Crippen molar-refractivity contribution in [1.29, 1.82) is 0 Å². The number of rotatable bonds is 9. The molecule has 7 N–H and O–H groups in total. The van der Waals surface area contributed by atoms with E-state index >= 15 is 0 Å². The van der Waals surface area contributed by atoms with Crippen molar-refractivity contribution in [3.63, 3.8) is 0 Å². The van der Waals surface area contributed by atoms with Gasteiger partial charge < -0.3 is 50.0 Å². The maximum atomic E-state index is 12.6. The largest absolute Gasteiger partial charge is 0.508 e. The molecule has 0 saturated carbocycles. The molecule has 35 heavy (non-hydrogen) atoms. The highest BCUT2D eigenvalue weighted by atomic mass is 16.7. The van der Waals surface area contributed by atoms with E-state index < -0.39 is 55.0 Å². The number of hydrogen-bond donors (Lipinski definition) is 7. The Balaban J connectivity index is 1.59. The molecule has 1 heterocycles. The van der Waals surface area contributed by atoms with Crippen molar-refractivity contribution in [3.8, 4) is 11.5 Å². The Morgan fingerprint density at radius 1 is 1.00 bits per heavy atom. The van der Waals surface area contributed by atoms with Gasteiger partial charge in [0, 0.05) is 6.42 Å². The lowest BCUT2D eigenvalue weighted by molar-refractivity contribution is -0.277. The first-order valence-corrected chi connectivity index (χ1v) is 11.0. The highest BCUT2D eigenvalue weighted by molar-refractivity contribution is 5.80. The number of esters is 1. The molecule has 11 heteroatoms. The van der Waals surface area contributed by atoms with E-state index in [0.29, 0.717) is 11.1 Å². The quantitative estimate of drug-likeness (QED) is 0.211. The Kier molecular flexibility index (Phi) is 8.67. The molecular formula is C24H30O11. The molecule has 0 radical (unpaired) electrons. The number of aliphatic hydroxyl groups excluding tert-OH is 5. The number of benzene rings is 2. The van der Waals surface area contributed by atoms with E-state index in [1.54, 1.807) is 12.1 Å². The van der Waals surface area contributed by atoms with E-state index in [0.717, 1.165) is 0 Å². The molecule has 1 saturated heterocycles. The predicted molar refractivity (Wildman–Crippen MR) is 119 cm³/mol. The first kappa shape index (κ1) is 26.8. The Morgan fingerprint density at radius 2 is 1.60 bits per heavy atom. The molecule has 2 aromatic rings. The summed E-state index contributed by atoms with van der Waals surface area (Å²) in [7, 11) is 0. The van der Waals surface area contributed by atoms with Crippen molar-refractivity contribution in [1.82, 2.24) is 0 Å². The van der Waals surface area contributed by atoms with Crippen LogP contribution in [0.25, 0.3) is 0 Å². The molecule has 0 aliphatic carbocycles. The van der Waals surface area contributed by atoms with Crippen LogP contribution in [0.4, 0.5) is 0 Å². The highest BCUT2D eigenvalue weighted by Crippen LogP contribution is 2.25. The van der Waals surface area contributed by atoms with E-state index in [1.165, 1.54) is 43.3 Å². The van der Waals surface area contributed by atoms with Gasteiger partial charge in [0.25, 0.3) is 0 Å². The molecule has 1 aliphatic heterocycles. The van der Waals surface area contributed by atoms with Gasteiger partial charge >= 0.3 is 5.97 Å². The molecule has 0 unspecified atom stereocenters. The van der Waals surface area contributed by atoms with Crippen molar-refractivity contribution in [2.75, 3.05) is 6.61 Å². The van der Waals surface area contributed by atoms with Gasteiger partial charge in [0.15, 0.2) is 5.60 Å². The second-order valence-corrected chi connectivity index (χ2v) is 8.48. The number of hydrogen-bond acceptors (Lipinski definition) is 11. The van der Waals surface area contributed by atoms with Crippen molar-refractivity contribution < 1.29 is 54.8 Å². The molecule has 7 atom stereocenters. The molecule has 0 aromatic heterocycles. The average Bonchev–Trinajstić information content (AvgIpc) is 2.84. The Bertz CT molecular complexity index is 960. The minimum absolute atomic E-state index is 0.0240. The van der Waals surface area contributed by atoms with Crippen LogP contribution in [0.3, 0.4) is 0 Å². The van der Waals surface area contributed by atoms with Crippen LogP contribution in [0.5, 0.6) is 11.5 Å².